The van der Waals surface area contributed by atoms with Crippen molar-refractivity contribution in [2.24, 2.45) is 0 Å². The van der Waals surface area contributed by atoms with Crippen LogP contribution in [0.2, 0.25) is 0 Å². The van der Waals surface area contributed by atoms with Crippen LogP contribution in [0.15, 0.2) is 35.9 Å². The minimum Gasteiger partial charge on any atom is -0.494 e. The summed E-state index contributed by atoms with van der Waals surface area (Å²) in [5, 5.41) is 3.57. The summed E-state index contributed by atoms with van der Waals surface area (Å²) in [5.41, 5.74) is 2.63. The third-order valence-corrected chi connectivity index (χ3v) is 3.12. The molecule has 0 saturated carbocycles. The van der Waals surface area contributed by atoms with Gasteiger partial charge in [-0.3, -0.25) is 0 Å². The molecular formula is C18H29NO. The summed E-state index contributed by atoms with van der Waals surface area (Å²) in [6.07, 6.45) is 5.70. The Morgan fingerprint density at radius 3 is 2.40 bits per heavy atom. The average molecular weight is 275 g/mol. The molecule has 1 atom stereocenters. The van der Waals surface area contributed by atoms with Gasteiger partial charge in [0.15, 0.2) is 0 Å². The maximum Gasteiger partial charge on any atom is 0.119 e. The molecule has 0 aliphatic carbocycles. The number of nitrogens with one attached hydrogen (secondary N) is 1. The zero-order chi connectivity index (χ0) is 14.8. The molecule has 1 unspecified atom stereocenters. The molecule has 2 heteroatoms. The molecule has 1 rings (SSSR count). The molecule has 0 amide bonds. The zero-order valence-electron chi connectivity index (χ0n) is 13.4. The predicted octanol–water partition coefficient (Wildman–Crippen LogP) is 4.87. The summed E-state index contributed by atoms with van der Waals surface area (Å²) in [6, 6.07) is 8.77. The van der Waals surface area contributed by atoms with Gasteiger partial charge in [0.25, 0.3) is 0 Å². The fourth-order valence-corrected chi connectivity index (χ4v) is 2.01. The molecule has 1 N–H and O–H groups in total. The number of ether oxygens (including phenoxy) is 1. The first-order valence-electron chi connectivity index (χ1n) is 7.78. The van der Waals surface area contributed by atoms with E-state index >= 15 is 0 Å². The van der Waals surface area contributed by atoms with Crippen molar-refractivity contribution in [1.29, 1.82) is 0 Å². The summed E-state index contributed by atoms with van der Waals surface area (Å²) in [7, 11) is 0. The van der Waals surface area contributed by atoms with Gasteiger partial charge < -0.3 is 10.1 Å². The molecule has 2 nitrogen and oxygen atoms in total. The van der Waals surface area contributed by atoms with E-state index < -0.39 is 0 Å². The van der Waals surface area contributed by atoms with E-state index in [-0.39, 0.29) is 0 Å². The highest BCUT2D eigenvalue weighted by Gasteiger charge is 2.07. The van der Waals surface area contributed by atoms with Gasteiger partial charge >= 0.3 is 0 Å². The smallest absolute Gasteiger partial charge is 0.119 e. The lowest BCUT2D eigenvalue weighted by Gasteiger charge is -2.16. The van der Waals surface area contributed by atoms with Gasteiger partial charge in [0.1, 0.15) is 5.75 Å². The van der Waals surface area contributed by atoms with Crippen molar-refractivity contribution in [3.63, 3.8) is 0 Å². The molecule has 20 heavy (non-hydrogen) atoms. The van der Waals surface area contributed by atoms with Gasteiger partial charge in [0.05, 0.1) is 12.6 Å². The van der Waals surface area contributed by atoms with Crippen LogP contribution in [-0.4, -0.2) is 13.2 Å². The molecule has 0 heterocycles. The SMILES string of the molecule is CCCCOc1ccc(C(C=C(C)C)NCCC)cc1. The lowest BCUT2D eigenvalue weighted by Crippen LogP contribution is -2.20. The molecular weight excluding hydrogens is 246 g/mol. The summed E-state index contributed by atoms with van der Waals surface area (Å²) in [6.45, 7) is 10.5. The molecule has 0 aliphatic heterocycles. The third kappa shape index (κ3) is 6.25. The monoisotopic (exact) mass is 275 g/mol. The third-order valence-electron chi connectivity index (χ3n) is 3.12. The van der Waals surface area contributed by atoms with Crippen LogP contribution in [0.5, 0.6) is 5.75 Å². The molecule has 0 spiro atoms. The fraction of sp³-hybridized carbons (Fsp3) is 0.556. The van der Waals surface area contributed by atoms with Crippen LogP contribution < -0.4 is 10.1 Å². The fourth-order valence-electron chi connectivity index (χ4n) is 2.01. The highest BCUT2D eigenvalue weighted by Crippen LogP contribution is 2.20. The van der Waals surface area contributed by atoms with E-state index in [0.717, 1.165) is 31.7 Å². The summed E-state index contributed by atoms with van der Waals surface area (Å²) in [4.78, 5) is 0. The van der Waals surface area contributed by atoms with Gasteiger partial charge in [-0.2, -0.15) is 0 Å². The van der Waals surface area contributed by atoms with E-state index in [9.17, 15) is 0 Å². The van der Waals surface area contributed by atoms with E-state index in [2.05, 4.69) is 63.4 Å². The summed E-state index contributed by atoms with van der Waals surface area (Å²) in [5.74, 6) is 0.966. The number of benzene rings is 1. The first-order chi connectivity index (χ1) is 9.67. The molecule has 0 bridgehead atoms. The highest BCUT2D eigenvalue weighted by molar-refractivity contribution is 5.31. The van der Waals surface area contributed by atoms with E-state index in [1.807, 2.05) is 0 Å². The topological polar surface area (TPSA) is 21.3 Å². The first kappa shape index (κ1) is 16.8. The van der Waals surface area contributed by atoms with Crippen LogP contribution in [0.4, 0.5) is 0 Å². The van der Waals surface area contributed by atoms with Gasteiger partial charge in [-0.05, 0) is 50.9 Å². The van der Waals surface area contributed by atoms with Crippen molar-refractivity contribution in [3.8, 4) is 5.75 Å². The Bertz CT molecular complexity index is 390. The van der Waals surface area contributed by atoms with Crippen LogP contribution in [0.25, 0.3) is 0 Å². The van der Waals surface area contributed by atoms with E-state index in [4.69, 9.17) is 4.74 Å². The van der Waals surface area contributed by atoms with Gasteiger partial charge in [0.2, 0.25) is 0 Å². The van der Waals surface area contributed by atoms with Crippen molar-refractivity contribution in [2.45, 2.75) is 53.0 Å². The lowest BCUT2D eigenvalue weighted by molar-refractivity contribution is 0.309. The maximum atomic E-state index is 5.71. The van der Waals surface area contributed by atoms with Crippen LogP contribution in [0.1, 0.15) is 58.6 Å². The Morgan fingerprint density at radius 1 is 1.15 bits per heavy atom. The van der Waals surface area contributed by atoms with E-state index in [1.165, 1.54) is 17.6 Å². The Morgan fingerprint density at radius 2 is 1.85 bits per heavy atom. The molecule has 112 valence electrons. The molecule has 0 saturated heterocycles. The standard InChI is InChI=1S/C18H29NO/c1-5-7-13-20-17-10-8-16(9-11-17)18(14-15(3)4)19-12-6-2/h8-11,14,18-19H,5-7,12-13H2,1-4H3. The number of unbranched alkanes of at least 4 members (excludes halogenated alkanes) is 1. The zero-order valence-corrected chi connectivity index (χ0v) is 13.4. The largest absolute Gasteiger partial charge is 0.494 e. The normalized spacial score (nSPS) is 12.0. The van der Waals surface area contributed by atoms with Crippen LogP contribution in [0.3, 0.4) is 0 Å². The first-order valence-corrected chi connectivity index (χ1v) is 7.78. The minimum absolute atomic E-state index is 0.296. The second-order valence-electron chi connectivity index (χ2n) is 5.45. The predicted molar refractivity (Wildman–Crippen MR) is 87.3 cm³/mol. The quantitative estimate of drug-likeness (QED) is 0.512. The Balaban J connectivity index is 2.69. The molecule has 1 aromatic carbocycles. The molecule has 0 radical (unpaired) electrons. The molecule has 0 aromatic heterocycles. The lowest BCUT2D eigenvalue weighted by atomic mass is 10.0. The number of hydrogen-bond acceptors (Lipinski definition) is 2. The molecule has 0 fully saturated rings. The highest BCUT2D eigenvalue weighted by atomic mass is 16.5. The molecule has 0 aliphatic rings. The Hall–Kier alpha value is -1.28. The van der Waals surface area contributed by atoms with Gasteiger partial charge in [-0.1, -0.05) is 44.1 Å². The second-order valence-corrected chi connectivity index (χ2v) is 5.45. The van der Waals surface area contributed by atoms with E-state index in [1.54, 1.807) is 0 Å². The Labute approximate surface area is 124 Å². The van der Waals surface area contributed by atoms with Crippen LogP contribution in [-0.2, 0) is 0 Å². The summed E-state index contributed by atoms with van der Waals surface area (Å²) >= 11 is 0. The van der Waals surface area contributed by atoms with E-state index in [0.29, 0.717) is 6.04 Å². The second kappa shape index (κ2) is 9.60. The number of rotatable bonds is 9. The van der Waals surface area contributed by atoms with Gasteiger partial charge in [-0.25, -0.2) is 0 Å². The van der Waals surface area contributed by atoms with Crippen molar-refractivity contribution in [3.05, 3.63) is 41.5 Å². The number of hydrogen-bond donors (Lipinski definition) is 1. The van der Waals surface area contributed by atoms with Crippen LogP contribution >= 0.6 is 0 Å². The molecule has 1 aromatic rings. The van der Waals surface area contributed by atoms with Gasteiger partial charge in [0, 0.05) is 0 Å². The van der Waals surface area contributed by atoms with Crippen molar-refractivity contribution < 1.29 is 4.74 Å². The van der Waals surface area contributed by atoms with Crippen molar-refractivity contribution in [2.75, 3.05) is 13.2 Å². The summed E-state index contributed by atoms with van der Waals surface area (Å²) < 4.78 is 5.71. The van der Waals surface area contributed by atoms with Crippen molar-refractivity contribution in [1.82, 2.24) is 5.32 Å². The van der Waals surface area contributed by atoms with Crippen molar-refractivity contribution >= 4 is 0 Å². The number of allylic oxidation sites excluding steroid dienone is 1. The van der Waals surface area contributed by atoms with Crippen LogP contribution in [0, 0.1) is 0 Å². The average Bonchev–Trinajstić information content (AvgIpc) is 2.44. The minimum atomic E-state index is 0.296. The Kier molecular flexibility index (Phi) is 8.05. The maximum absolute atomic E-state index is 5.71. The van der Waals surface area contributed by atoms with Gasteiger partial charge in [-0.15, -0.1) is 0 Å².